The molecule has 0 saturated heterocycles. The number of hydrogen-bond acceptors (Lipinski definition) is 4. The van der Waals surface area contributed by atoms with Crippen LogP contribution in [0.2, 0.25) is 0 Å². The van der Waals surface area contributed by atoms with E-state index in [9.17, 15) is 4.79 Å². The summed E-state index contributed by atoms with van der Waals surface area (Å²) in [5.74, 6) is 0.485. The molecule has 0 amide bonds. The number of rotatable bonds is 3. The third-order valence-corrected chi connectivity index (χ3v) is 2.04. The van der Waals surface area contributed by atoms with Crippen LogP contribution in [0.15, 0.2) is 18.3 Å². The molecule has 2 aromatic heterocycles. The SMILES string of the molecule is CCOc1ccc2c(C(C)=O)cnn2n1. The maximum Gasteiger partial charge on any atom is 0.233 e. The second-order valence-electron chi connectivity index (χ2n) is 3.09. The number of nitrogens with zero attached hydrogens (tertiary/aromatic N) is 3. The molecule has 2 heterocycles. The lowest BCUT2D eigenvalue weighted by Gasteiger charge is -2.01. The Balaban J connectivity index is 2.51. The second-order valence-corrected chi connectivity index (χ2v) is 3.09. The average Bonchev–Trinajstić information content (AvgIpc) is 2.61. The van der Waals surface area contributed by atoms with Gasteiger partial charge in [-0.2, -0.15) is 5.10 Å². The highest BCUT2D eigenvalue weighted by molar-refractivity contribution is 6.00. The highest BCUT2D eigenvalue weighted by atomic mass is 16.5. The number of carbonyl (C=O) groups is 1. The minimum atomic E-state index is -0.0176. The molecule has 5 nitrogen and oxygen atoms in total. The van der Waals surface area contributed by atoms with E-state index in [1.54, 1.807) is 12.1 Å². The van der Waals surface area contributed by atoms with Gasteiger partial charge in [0.15, 0.2) is 5.78 Å². The summed E-state index contributed by atoms with van der Waals surface area (Å²) >= 11 is 0. The number of Topliss-reactive ketones (excluding diaryl/α,β-unsaturated/α-hetero) is 1. The highest BCUT2D eigenvalue weighted by Crippen LogP contribution is 2.13. The largest absolute Gasteiger partial charge is 0.477 e. The number of aromatic nitrogens is 3. The molecule has 0 N–H and O–H groups in total. The van der Waals surface area contributed by atoms with Crippen LogP contribution in [0.5, 0.6) is 5.88 Å². The predicted molar refractivity (Wildman–Crippen MR) is 54.2 cm³/mol. The lowest BCUT2D eigenvalue weighted by atomic mass is 10.2. The van der Waals surface area contributed by atoms with Gasteiger partial charge < -0.3 is 4.74 Å². The van der Waals surface area contributed by atoms with Crippen molar-refractivity contribution in [1.82, 2.24) is 14.8 Å². The molecular formula is C10H11N3O2. The minimum absolute atomic E-state index is 0.0176. The summed E-state index contributed by atoms with van der Waals surface area (Å²) in [7, 11) is 0. The van der Waals surface area contributed by atoms with Crippen LogP contribution in [0.4, 0.5) is 0 Å². The first-order chi connectivity index (χ1) is 7.22. The Hall–Kier alpha value is -1.91. The number of fused-ring (bicyclic) bond motifs is 1. The van der Waals surface area contributed by atoms with E-state index in [0.29, 0.717) is 23.6 Å². The van der Waals surface area contributed by atoms with Crippen LogP contribution in [0, 0.1) is 0 Å². The van der Waals surface area contributed by atoms with Gasteiger partial charge in [0, 0.05) is 6.07 Å². The average molecular weight is 205 g/mol. The van der Waals surface area contributed by atoms with Gasteiger partial charge in [0.2, 0.25) is 5.88 Å². The molecule has 0 aliphatic heterocycles. The first-order valence-electron chi connectivity index (χ1n) is 4.71. The Morgan fingerprint density at radius 1 is 1.53 bits per heavy atom. The Bertz CT molecular complexity index is 504. The summed E-state index contributed by atoms with van der Waals surface area (Å²) in [4.78, 5) is 11.2. The first kappa shape index (κ1) is 9.64. The van der Waals surface area contributed by atoms with Crippen LogP contribution in [0.3, 0.4) is 0 Å². The molecule has 0 aliphatic rings. The monoisotopic (exact) mass is 205 g/mol. The Kier molecular flexibility index (Phi) is 2.37. The number of hydrogen-bond donors (Lipinski definition) is 0. The summed E-state index contributed by atoms with van der Waals surface area (Å²) in [6, 6.07) is 3.51. The zero-order valence-electron chi connectivity index (χ0n) is 8.60. The molecular weight excluding hydrogens is 194 g/mol. The topological polar surface area (TPSA) is 56.5 Å². The molecule has 0 radical (unpaired) electrons. The van der Waals surface area contributed by atoms with Gasteiger partial charge >= 0.3 is 0 Å². The molecule has 0 spiro atoms. The molecule has 15 heavy (non-hydrogen) atoms. The standard InChI is InChI=1S/C10H11N3O2/c1-3-15-10-5-4-9-8(7(2)14)6-11-13(9)12-10/h4-6H,3H2,1-2H3. The fraction of sp³-hybridized carbons (Fsp3) is 0.300. The zero-order valence-corrected chi connectivity index (χ0v) is 8.60. The molecule has 0 fully saturated rings. The number of ketones is 1. The van der Waals surface area contributed by atoms with E-state index in [1.165, 1.54) is 17.8 Å². The van der Waals surface area contributed by atoms with E-state index in [0.717, 1.165) is 0 Å². The summed E-state index contributed by atoms with van der Waals surface area (Å²) < 4.78 is 6.63. The summed E-state index contributed by atoms with van der Waals surface area (Å²) in [5, 5.41) is 8.09. The first-order valence-corrected chi connectivity index (χ1v) is 4.71. The van der Waals surface area contributed by atoms with Crippen LogP contribution >= 0.6 is 0 Å². The lowest BCUT2D eigenvalue weighted by molar-refractivity contribution is 0.101. The van der Waals surface area contributed by atoms with Gasteiger partial charge in [0.05, 0.1) is 23.9 Å². The third kappa shape index (κ3) is 1.68. The Morgan fingerprint density at radius 3 is 3.00 bits per heavy atom. The quantitative estimate of drug-likeness (QED) is 0.709. The van der Waals surface area contributed by atoms with Crippen molar-refractivity contribution in [3.05, 3.63) is 23.9 Å². The molecule has 2 rings (SSSR count). The van der Waals surface area contributed by atoms with Crippen molar-refractivity contribution < 1.29 is 9.53 Å². The third-order valence-electron chi connectivity index (χ3n) is 2.04. The van der Waals surface area contributed by atoms with Crippen molar-refractivity contribution >= 4 is 11.3 Å². The van der Waals surface area contributed by atoms with E-state index >= 15 is 0 Å². The van der Waals surface area contributed by atoms with Gasteiger partial charge in [-0.3, -0.25) is 4.79 Å². The summed E-state index contributed by atoms with van der Waals surface area (Å²) in [6.45, 7) is 3.95. The van der Waals surface area contributed by atoms with Crippen molar-refractivity contribution in [2.24, 2.45) is 0 Å². The molecule has 0 unspecified atom stereocenters. The fourth-order valence-electron chi connectivity index (χ4n) is 1.36. The molecule has 0 aromatic carbocycles. The maximum atomic E-state index is 11.2. The van der Waals surface area contributed by atoms with Crippen LogP contribution in [-0.4, -0.2) is 27.2 Å². The molecule has 0 saturated carbocycles. The van der Waals surface area contributed by atoms with Crippen LogP contribution in [0.1, 0.15) is 24.2 Å². The highest BCUT2D eigenvalue weighted by Gasteiger charge is 2.09. The van der Waals surface area contributed by atoms with E-state index in [-0.39, 0.29) is 5.78 Å². The van der Waals surface area contributed by atoms with Crippen molar-refractivity contribution in [2.45, 2.75) is 13.8 Å². The van der Waals surface area contributed by atoms with Gasteiger partial charge in [0.1, 0.15) is 0 Å². The Labute approximate surface area is 86.7 Å². The molecule has 0 bridgehead atoms. The predicted octanol–water partition coefficient (Wildman–Crippen LogP) is 1.33. The maximum absolute atomic E-state index is 11.2. The van der Waals surface area contributed by atoms with E-state index < -0.39 is 0 Å². The molecule has 0 atom stereocenters. The van der Waals surface area contributed by atoms with Crippen LogP contribution in [-0.2, 0) is 0 Å². The zero-order chi connectivity index (χ0) is 10.8. The molecule has 0 aliphatic carbocycles. The molecule has 5 heteroatoms. The normalized spacial score (nSPS) is 10.5. The van der Waals surface area contributed by atoms with Gasteiger partial charge in [-0.15, -0.1) is 9.73 Å². The van der Waals surface area contributed by atoms with E-state index in [4.69, 9.17) is 4.74 Å². The van der Waals surface area contributed by atoms with Gasteiger partial charge in [0.25, 0.3) is 0 Å². The van der Waals surface area contributed by atoms with Crippen LogP contribution < -0.4 is 4.74 Å². The second kappa shape index (κ2) is 3.68. The van der Waals surface area contributed by atoms with E-state index in [2.05, 4.69) is 10.2 Å². The summed E-state index contributed by atoms with van der Waals surface area (Å²) in [6.07, 6.45) is 1.51. The van der Waals surface area contributed by atoms with Crippen molar-refractivity contribution in [3.8, 4) is 5.88 Å². The van der Waals surface area contributed by atoms with Gasteiger partial charge in [-0.05, 0) is 19.9 Å². The van der Waals surface area contributed by atoms with Crippen molar-refractivity contribution in [2.75, 3.05) is 6.61 Å². The Morgan fingerprint density at radius 2 is 2.33 bits per heavy atom. The molecule has 78 valence electrons. The lowest BCUT2D eigenvalue weighted by Crippen LogP contribution is -2.00. The van der Waals surface area contributed by atoms with Crippen molar-refractivity contribution in [3.63, 3.8) is 0 Å². The minimum Gasteiger partial charge on any atom is -0.477 e. The fourth-order valence-corrected chi connectivity index (χ4v) is 1.36. The van der Waals surface area contributed by atoms with Gasteiger partial charge in [-0.1, -0.05) is 0 Å². The molecule has 2 aromatic rings. The van der Waals surface area contributed by atoms with Gasteiger partial charge in [-0.25, -0.2) is 0 Å². The number of ether oxygens (including phenoxy) is 1. The van der Waals surface area contributed by atoms with E-state index in [1.807, 2.05) is 6.92 Å². The van der Waals surface area contributed by atoms with Crippen molar-refractivity contribution in [1.29, 1.82) is 0 Å². The summed E-state index contributed by atoms with van der Waals surface area (Å²) in [5.41, 5.74) is 1.27. The van der Waals surface area contributed by atoms with Crippen LogP contribution in [0.25, 0.3) is 5.52 Å². The number of carbonyl (C=O) groups excluding carboxylic acids is 1. The smallest absolute Gasteiger partial charge is 0.233 e.